The summed E-state index contributed by atoms with van der Waals surface area (Å²) in [5, 5.41) is 5.03. The van der Waals surface area contributed by atoms with E-state index in [4.69, 9.17) is 4.74 Å². The fraction of sp³-hybridized carbons (Fsp3) is 0.467. The van der Waals surface area contributed by atoms with Crippen molar-refractivity contribution in [3.05, 3.63) is 24.3 Å². The van der Waals surface area contributed by atoms with E-state index in [1.165, 1.54) is 7.11 Å². The van der Waals surface area contributed by atoms with Crippen LogP contribution in [-0.2, 0) is 14.3 Å². The third-order valence-corrected chi connectivity index (χ3v) is 3.05. The van der Waals surface area contributed by atoms with Gasteiger partial charge in [-0.3, -0.25) is 9.59 Å². The highest BCUT2D eigenvalue weighted by atomic mass is 16.5. The van der Waals surface area contributed by atoms with Gasteiger partial charge in [0.15, 0.2) is 0 Å². The fourth-order valence-electron chi connectivity index (χ4n) is 1.88. The molecule has 2 amide bonds. The van der Waals surface area contributed by atoms with Crippen molar-refractivity contribution < 1.29 is 14.3 Å². The van der Waals surface area contributed by atoms with Crippen LogP contribution in [0.2, 0.25) is 0 Å². The highest BCUT2D eigenvalue weighted by Crippen LogP contribution is 2.17. The van der Waals surface area contributed by atoms with Gasteiger partial charge in [0.2, 0.25) is 0 Å². The Kier molecular flexibility index (Phi) is 7.25. The molecule has 6 nitrogen and oxygen atoms in total. The Morgan fingerprint density at radius 2 is 1.71 bits per heavy atom. The van der Waals surface area contributed by atoms with Crippen LogP contribution in [0.15, 0.2) is 24.3 Å². The number of nitrogens with one attached hydrogen (secondary N) is 2. The molecule has 0 bridgehead atoms. The zero-order valence-electron chi connectivity index (χ0n) is 12.8. The molecule has 0 saturated carbocycles. The van der Waals surface area contributed by atoms with Crippen LogP contribution < -0.4 is 15.5 Å². The van der Waals surface area contributed by atoms with Crippen molar-refractivity contribution in [2.24, 2.45) is 0 Å². The number of ether oxygens (including phenoxy) is 1. The number of amides is 2. The Morgan fingerprint density at radius 3 is 2.24 bits per heavy atom. The molecular weight excluding hydrogens is 270 g/mol. The standard InChI is InChI=1S/C15H23N3O3/c1-4-18(5-2)13-8-6-12(7-9-13)17-15(20)14(19)16-10-11-21-3/h6-9H,4-5,10-11H2,1-3H3,(H,16,19)(H,17,20). The molecule has 0 spiro atoms. The van der Waals surface area contributed by atoms with Gasteiger partial charge >= 0.3 is 11.8 Å². The predicted octanol–water partition coefficient (Wildman–Crippen LogP) is 1.23. The zero-order valence-corrected chi connectivity index (χ0v) is 12.8. The van der Waals surface area contributed by atoms with Crippen LogP contribution in [0.4, 0.5) is 11.4 Å². The quantitative estimate of drug-likeness (QED) is 0.586. The molecule has 1 aromatic carbocycles. The molecule has 0 unspecified atom stereocenters. The van der Waals surface area contributed by atoms with E-state index in [9.17, 15) is 9.59 Å². The molecule has 1 rings (SSSR count). The summed E-state index contributed by atoms with van der Waals surface area (Å²) in [7, 11) is 1.53. The van der Waals surface area contributed by atoms with E-state index in [1.54, 1.807) is 12.1 Å². The number of rotatable bonds is 7. The van der Waals surface area contributed by atoms with Crippen molar-refractivity contribution in [1.29, 1.82) is 0 Å². The van der Waals surface area contributed by atoms with E-state index < -0.39 is 11.8 Å². The second-order valence-corrected chi connectivity index (χ2v) is 4.42. The van der Waals surface area contributed by atoms with E-state index in [0.29, 0.717) is 18.8 Å². The maximum atomic E-state index is 11.7. The smallest absolute Gasteiger partial charge is 0.313 e. The molecule has 1 aromatic rings. The van der Waals surface area contributed by atoms with E-state index in [0.717, 1.165) is 18.8 Å². The van der Waals surface area contributed by atoms with Gasteiger partial charge < -0.3 is 20.3 Å². The molecule has 0 aliphatic heterocycles. The van der Waals surface area contributed by atoms with Crippen LogP contribution >= 0.6 is 0 Å². The predicted molar refractivity (Wildman–Crippen MR) is 83.5 cm³/mol. The van der Waals surface area contributed by atoms with E-state index in [2.05, 4.69) is 29.4 Å². The second kappa shape index (κ2) is 8.97. The molecule has 21 heavy (non-hydrogen) atoms. The normalized spacial score (nSPS) is 10.0. The summed E-state index contributed by atoms with van der Waals surface area (Å²) in [4.78, 5) is 25.4. The first-order valence-electron chi connectivity index (χ1n) is 7.05. The summed E-state index contributed by atoms with van der Waals surface area (Å²) in [6, 6.07) is 7.42. The Morgan fingerprint density at radius 1 is 1.10 bits per heavy atom. The van der Waals surface area contributed by atoms with Gasteiger partial charge in [-0.15, -0.1) is 0 Å². The van der Waals surface area contributed by atoms with Gasteiger partial charge in [0, 0.05) is 38.1 Å². The van der Waals surface area contributed by atoms with Gasteiger partial charge in [-0.2, -0.15) is 0 Å². The number of hydrogen-bond acceptors (Lipinski definition) is 4. The summed E-state index contributed by atoms with van der Waals surface area (Å²) in [6.07, 6.45) is 0. The summed E-state index contributed by atoms with van der Waals surface area (Å²) >= 11 is 0. The SMILES string of the molecule is CCN(CC)c1ccc(NC(=O)C(=O)NCCOC)cc1. The third-order valence-electron chi connectivity index (χ3n) is 3.05. The molecule has 0 aromatic heterocycles. The number of hydrogen-bond donors (Lipinski definition) is 2. The topological polar surface area (TPSA) is 70.7 Å². The van der Waals surface area contributed by atoms with Crippen molar-refractivity contribution in [3.63, 3.8) is 0 Å². The molecule has 0 atom stereocenters. The van der Waals surface area contributed by atoms with Gasteiger partial charge in [0.05, 0.1) is 6.61 Å². The lowest BCUT2D eigenvalue weighted by atomic mass is 10.2. The largest absolute Gasteiger partial charge is 0.383 e. The maximum absolute atomic E-state index is 11.7. The molecule has 6 heteroatoms. The van der Waals surface area contributed by atoms with E-state index >= 15 is 0 Å². The Labute approximate surface area is 125 Å². The lowest BCUT2D eigenvalue weighted by Gasteiger charge is -2.21. The summed E-state index contributed by atoms with van der Waals surface area (Å²) in [5.41, 5.74) is 1.68. The van der Waals surface area contributed by atoms with Gasteiger partial charge in [-0.25, -0.2) is 0 Å². The van der Waals surface area contributed by atoms with Crippen molar-refractivity contribution >= 4 is 23.2 Å². The number of benzene rings is 1. The van der Waals surface area contributed by atoms with Crippen LogP contribution in [0.5, 0.6) is 0 Å². The molecule has 0 heterocycles. The first-order chi connectivity index (χ1) is 10.1. The van der Waals surface area contributed by atoms with Gasteiger partial charge in [0.25, 0.3) is 0 Å². The molecule has 0 fully saturated rings. The summed E-state index contributed by atoms with van der Waals surface area (Å²) < 4.78 is 4.80. The van der Waals surface area contributed by atoms with Crippen molar-refractivity contribution in [1.82, 2.24) is 5.32 Å². The molecule has 2 N–H and O–H groups in total. The van der Waals surface area contributed by atoms with E-state index in [-0.39, 0.29) is 0 Å². The zero-order chi connectivity index (χ0) is 15.7. The van der Waals surface area contributed by atoms with Gasteiger partial charge in [0.1, 0.15) is 0 Å². The molecule has 0 radical (unpaired) electrons. The summed E-state index contributed by atoms with van der Waals surface area (Å²) in [5.74, 6) is -1.35. The average Bonchev–Trinajstić information content (AvgIpc) is 2.50. The number of anilines is 2. The third kappa shape index (κ3) is 5.43. The van der Waals surface area contributed by atoms with Crippen LogP contribution in [0.1, 0.15) is 13.8 Å². The maximum Gasteiger partial charge on any atom is 0.313 e. The lowest BCUT2D eigenvalue weighted by Crippen LogP contribution is -2.37. The highest BCUT2D eigenvalue weighted by Gasteiger charge is 2.13. The van der Waals surface area contributed by atoms with Crippen LogP contribution in [0.3, 0.4) is 0 Å². The van der Waals surface area contributed by atoms with Crippen LogP contribution in [0.25, 0.3) is 0 Å². The van der Waals surface area contributed by atoms with Crippen LogP contribution in [0, 0.1) is 0 Å². The molecule has 0 aliphatic rings. The first-order valence-corrected chi connectivity index (χ1v) is 7.05. The minimum Gasteiger partial charge on any atom is -0.383 e. The number of carbonyl (C=O) groups is 2. The second-order valence-electron chi connectivity index (χ2n) is 4.42. The minimum atomic E-state index is -0.679. The Hall–Kier alpha value is -2.08. The molecular formula is C15H23N3O3. The van der Waals surface area contributed by atoms with E-state index in [1.807, 2.05) is 12.1 Å². The van der Waals surface area contributed by atoms with Crippen molar-refractivity contribution in [3.8, 4) is 0 Å². The summed E-state index contributed by atoms with van der Waals surface area (Å²) in [6.45, 7) is 6.70. The lowest BCUT2D eigenvalue weighted by molar-refractivity contribution is -0.136. The number of nitrogens with zero attached hydrogens (tertiary/aromatic N) is 1. The van der Waals surface area contributed by atoms with Gasteiger partial charge in [-0.05, 0) is 38.1 Å². The number of methoxy groups -OCH3 is 1. The minimum absolute atomic E-state index is 0.309. The average molecular weight is 293 g/mol. The molecule has 0 aliphatic carbocycles. The highest BCUT2D eigenvalue weighted by molar-refractivity contribution is 6.39. The molecule has 0 saturated heterocycles. The van der Waals surface area contributed by atoms with Gasteiger partial charge in [-0.1, -0.05) is 0 Å². The molecule has 116 valence electrons. The Balaban J connectivity index is 2.55. The van der Waals surface area contributed by atoms with Crippen LogP contribution in [-0.4, -0.2) is 45.2 Å². The monoisotopic (exact) mass is 293 g/mol. The fourth-order valence-corrected chi connectivity index (χ4v) is 1.88. The first kappa shape index (κ1) is 17.0. The van der Waals surface area contributed by atoms with Crippen molar-refractivity contribution in [2.75, 3.05) is 43.6 Å². The van der Waals surface area contributed by atoms with Crippen molar-refractivity contribution in [2.45, 2.75) is 13.8 Å². The Bertz CT molecular complexity index is 456. The number of carbonyl (C=O) groups excluding carboxylic acids is 2.